The van der Waals surface area contributed by atoms with E-state index in [0.717, 1.165) is 10.9 Å². The molecule has 1 aromatic carbocycles. The molecule has 0 aliphatic rings. The van der Waals surface area contributed by atoms with E-state index < -0.39 is 22.0 Å². The quantitative estimate of drug-likeness (QED) is 0.478. The lowest BCUT2D eigenvalue weighted by Crippen LogP contribution is -2.24. The highest BCUT2D eigenvalue weighted by Crippen LogP contribution is 2.31. The number of hydrogen-bond acceptors (Lipinski definition) is 7. The first kappa shape index (κ1) is 23.5. The van der Waals surface area contributed by atoms with Crippen molar-refractivity contribution < 1.29 is 31.1 Å². The van der Waals surface area contributed by atoms with Gasteiger partial charge in [-0.1, -0.05) is 0 Å². The van der Waals surface area contributed by atoms with Crippen molar-refractivity contribution in [3.05, 3.63) is 48.4 Å². The van der Waals surface area contributed by atoms with Crippen molar-refractivity contribution in [3.8, 4) is 28.7 Å². The van der Waals surface area contributed by atoms with E-state index in [-0.39, 0.29) is 24.7 Å². The lowest BCUT2D eigenvalue weighted by atomic mass is 10.2. The van der Waals surface area contributed by atoms with Crippen LogP contribution in [-0.2, 0) is 16.2 Å². The molecule has 9 nitrogen and oxygen atoms in total. The Morgan fingerprint density at radius 2 is 1.84 bits per heavy atom. The predicted molar refractivity (Wildman–Crippen MR) is 109 cm³/mol. The number of pyridine rings is 1. The van der Waals surface area contributed by atoms with Gasteiger partial charge in [-0.05, 0) is 36.8 Å². The maximum absolute atomic E-state index is 13.2. The molecule has 0 fully saturated rings. The first-order valence-electron chi connectivity index (χ1n) is 9.29. The van der Waals surface area contributed by atoms with Crippen molar-refractivity contribution in [2.24, 2.45) is 0 Å². The van der Waals surface area contributed by atoms with E-state index in [1.807, 2.05) is 0 Å². The number of nitrogens with one attached hydrogen (secondary N) is 1. The summed E-state index contributed by atoms with van der Waals surface area (Å²) in [5.74, 6) is -0.517. The number of hydrogen-bond donors (Lipinski definition) is 1. The first-order valence-corrected chi connectivity index (χ1v) is 11.2. The van der Waals surface area contributed by atoms with Crippen LogP contribution in [0.1, 0.15) is 12.2 Å². The van der Waals surface area contributed by atoms with Crippen molar-refractivity contribution in [2.45, 2.75) is 12.6 Å². The summed E-state index contributed by atoms with van der Waals surface area (Å²) in [6.45, 7) is 0.490. The van der Waals surface area contributed by atoms with Gasteiger partial charge in [0.15, 0.2) is 5.82 Å². The van der Waals surface area contributed by atoms with Gasteiger partial charge in [0.25, 0.3) is 5.82 Å². The number of rotatable bonds is 9. The van der Waals surface area contributed by atoms with E-state index in [4.69, 9.17) is 9.47 Å². The number of alkyl halides is 3. The smallest absolute Gasteiger partial charge is 0.453 e. The van der Waals surface area contributed by atoms with E-state index >= 15 is 0 Å². The zero-order valence-electron chi connectivity index (χ0n) is 17.1. The average molecular weight is 471 g/mol. The average Bonchev–Trinajstić information content (AvgIpc) is 3.19. The zero-order valence-corrected chi connectivity index (χ0v) is 17.9. The summed E-state index contributed by atoms with van der Waals surface area (Å²) in [5, 5.41) is 3.61. The molecule has 3 aromatic rings. The number of aromatic nitrogens is 4. The summed E-state index contributed by atoms with van der Waals surface area (Å²) < 4.78 is 75.6. The molecular formula is C19H20F3N5O4S. The number of benzene rings is 1. The Hall–Kier alpha value is -3.19. The molecule has 0 amide bonds. The normalized spacial score (nSPS) is 12.0. The van der Waals surface area contributed by atoms with E-state index in [1.54, 1.807) is 24.3 Å². The molecule has 0 atom stereocenters. The second-order valence-electron chi connectivity index (χ2n) is 6.62. The molecule has 1 N–H and O–H groups in total. The molecule has 0 radical (unpaired) electrons. The topological polar surface area (TPSA) is 108 Å². The largest absolute Gasteiger partial charge is 0.494 e. The minimum atomic E-state index is -4.72. The van der Waals surface area contributed by atoms with Crippen molar-refractivity contribution in [1.29, 1.82) is 0 Å². The summed E-state index contributed by atoms with van der Waals surface area (Å²) >= 11 is 0. The molecule has 172 valence electrons. The van der Waals surface area contributed by atoms with Gasteiger partial charge in [-0.2, -0.15) is 13.2 Å². The summed E-state index contributed by atoms with van der Waals surface area (Å²) in [4.78, 5) is 7.67. The van der Waals surface area contributed by atoms with Crippen molar-refractivity contribution in [1.82, 2.24) is 24.5 Å². The van der Waals surface area contributed by atoms with Gasteiger partial charge in [-0.25, -0.2) is 27.8 Å². The summed E-state index contributed by atoms with van der Waals surface area (Å²) in [7, 11) is -1.83. The van der Waals surface area contributed by atoms with Gasteiger partial charge in [0.05, 0.1) is 31.9 Å². The number of halogens is 3. The standard InChI is InChI=1S/C19H20F3N5O4S/c1-30-16-9-6-14(12-23-16)27-17(25-18(26-27)19(20,21)22)13-4-7-15(8-5-13)31-11-3-10-24-32(2,28)29/h4-9,12,24H,3,10-11H2,1-2H3. The maximum atomic E-state index is 13.2. The van der Waals surface area contributed by atoms with Gasteiger partial charge in [-0.3, -0.25) is 0 Å². The van der Waals surface area contributed by atoms with E-state index in [9.17, 15) is 21.6 Å². The van der Waals surface area contributed by atoms with E-state index in [1.165, 1.54) is 25.4 Å². The zero-order chi connectivity index (χ0) is 23.4. The number of sulfonamides is 1. The lowest BCUT2D eigenvalue weighted by molar-refractivity contribution is -0.144. The fourth-order valence-corrected chi connectivity index (χ4v) is 3.15. The molecule has 2 aromatic heterocycles. The van der Waals surface area contributed by atoms with Crippen molar-refractivity contribution in [3.63, 3.8) is 0 Å². The Morgan fingerprint density at radius 3 is 2.41 bits per heavy atom. The highest BCUT2D eigenvalue weighted by Gasteiger charge is 2.37. The lowest BCUT2D eigenvalue weighted by Gasteiger charge is -2.09. The van der Waals surface area contributed by atoms with E-state index in [2.05, 4.69) is 19.8 Å². The second-order valence-corrected chi connectivity index (χ2v) is 8.45. The molecule has 0 saturated carbocycles. The van der Waals surface area contributed by atoms with Crippen molar-refractivity contribution >= 4 is 10.0 Å². The Kier molecular flexibility index (Phi) is 6.99. The molecule has 0 aliphatic carbocycles. The van der Waals surface area contributed by atoms with Gasteiger partial charge in [0, 0.05) is 18.2 Å². The Bertz CT molecular complexity index is 1150. The first-order chi connectivity index (χ1) is 15.1. The van der Waals surface area contributed by atoms with Crippen LogP contribution in [0, 0.1) is 0 Å². The molecular weight excluding hydrogens is 451 g/mol. The number of ether oxygens (including phenoxy) is 2. The molecule has 0 aliphatic heterocycles. The molecule has 0 saturated heterocycles. The van der Waals surface area contributed by atoms with Gasteiger partial charge in [0.1, 0.15) is 5.75 Å². The van der Waals surface area contributed by atoms with E-state index in [0.29, 0.717) is 23.6 Å². The monoisotopic (exact) mass is 471 g/mol. The Morgan fingerprint density at radius 1 is 1.12 bits per heavy atom. The summed E-state index contributed by atoms with van der Waals surface area (Å²) in [6, 6.07) is 9.30. The molecule has 3 rings (SSSR count). The fourth-order valence-electron chi connectivity index (χ4n) is 2.64. The number of methoxy groups -OCH3 is 1. The van der Waals surface area contributed by atoms with Gasteiger partial charge >= 0.3 is 6.18 Å². The van der Waals surface area contributed by atoms with Gasteiger partial charge < -0.3 is 9.47 Å². The molecule has 0 bridgehead atoms. The summed E-state index contributed by atoms with van der Waals surface area (Å²) in [6.07, 6.45) is -1.87. The minimum absolute atomic E-state index is 0.0202. The van der Waals surface area contributed by atoms with Crippen LogP contribution in [0.25, 0.3) is 17.1 Å². The third-order valence-electron chi connectivity index (χ3n) is 4.10. The van der Waals surface area contributed by atoms with Gasteiger partial charge in [0.2, 0.25) is 15.9 Å². The Labute approximate surface area is 182 Å². The van der Waals surface area contributed by atoms with Crippen molar-refractivity contribution in [2.75, 3.05) is 26.5 Å². The number of nitrogens with zero attached hydrogens (tertiary/aromatic N) is 4. The Balaban J connectivity index is 1.79. The van der Waals surface area contributed by atoms with Crippen LogP contribution in [0.2, 0.25) is 0 Å². The minimum Gasteiger partial charge on any atom is -0.494 e. The molecule has 0 unspecified atom stereocenters. The van der Waals surface area contributed by atoms with Crippen LogP contribution in [0.3, 0.4) is 0 Å². The molecule has 2 heterocycles. The molecule has 13 heteroatoms. The highest BCUT2D eigenvalue weighted by atomic mass is 32.2. The second kappa shape index (κ2) is 9.53. The van der Waals surface area contributed by atoms with Crippen LogP contribution >= 0.6 is 0 Å². The predicted octanol–water partition coefficient (Wildman–Crippen LogP) is 2.67. The van der Waals surface area contributed by atoms with Gasteiger partial charge in [-0.15, -0.1) is 5.10 Å². The SMILES string of the molecule is COc1ccc(-n2nc(C(F)(F)F)nc2-c2ccc(OCCCNS(C)(=O)=O)cc2)cn1. The molecule has 0 spiro atoms. The molecule has 32 heavy (non-hydrogen) atoms. The third kappa shape index (κ3) is 6.17. The maximum Gasteiger partial charge on any atom is 0.453 e. The highest BCUT2D eigenvalue weighted by molar-refractivity contribution is 7.88. The third-order valence-corrected chi connectivity index (χ3v) is 4.83. The summed E-state index contributed by atoms with van der Waals surface area (Å²) in [5.41, 5.74) is 0.664. The van der Waals surface area contributed by atoms with Crippen LogP contribution in [0.15, 0.2) is 42.6 Å². The fraction of sp³-hybridized carbons (Fsp3) is 0.316. The van der Waals surface area contributed by atoms with Crippen LogP contribution in [0.4, 0.5) is 13.2 Å². The van der Waals surface area contributed by atoms with Crippen LogP contribution in [-0.4, -0.2) is 54.7 Å². The van der Waals surface area contributed by atoms with Crippen LogP contribution < -0.4 is 14.2 Å². The van der Waals surface area contributed by atoms with Crippen LogP contribution in [0.5, 0.6) is 11.6 Å².